The lowest BCUT2D eigenvalue weighted by atomic mass is 10.0. The van der Waals surface area contributed by atoms with Crippen molar-refractivity contribution in [2.24, 2.45) is 0 Å². The quantitative estimate of drug-likeness (QED) is 0.139. The maximum absolute atomic E-state index is 15.4. The number of amides is 5. The number of carbonyl (C=O) groups is 5. The number of ether oxygens (including phenoxy) is 1. The van der Waals surface area contributed by atoms with E-state index in [9.17, 15) is 24.0 Å². The van der Waals surface area contributed by atoms with E-state index in [1.807, 2.05) is 26.7 Å². The van der Waals surface area contributed by atoms with Crippen LogP contribution in [-0.2, 0) is 25.7 Å². The maximum Gasteiger partial charge on any atom is 0.262 e. The number of hydrogen-bond acceptors (Lipinski definition) is 11. The van der Waals surface area contributed by atoms with Crippen molar-refractivity contribution >= 4 is 46.3 Å². The molecule has 0 aliphatic carbocycles. The SMILES string of the molecule is O=C1CCC(N2C(=O)c3ccc(NCCCC(=O)N4CCC(n5cc(-c6cnc7cccc(-c8cc(F)c(CN9CCOCC9)c(F)c8)c7n6)cn5)CC4)cc3C2=O)C(=O)N1. The molecule has 314 valence electrons. The molecule has 0 spiro atoms. The van der Waals surface area contributed by atoms with Crippen LogP contribution in [0.3, 0.4) is 0 Å². The summed E-state index contributed by atoms with van der Waals surface area (Å²) in [5.74, 6) is -3.39. The summed E-state index contributed by atoms with van der Waals surface area (Å²) in [5.41, 5.74) is 4.43. The maximum atomic E-state index is 15.4. The van der Waals surface area contributed by atoms with Crippen molar-refractivity contribution in [3.05, 3.63) is 95.4 Å². The van der Waals surface area contributed by atoms with Crippen molar-refractivity contribution in [1.82, 2.24) is 39.8 Å². The molecule has 0 saturated carbocycles. The molecular weight excluding hydrogens is 789 g/mol. The Morgan fingerprint density at radius 3 is 2.41 bits per heavy atom. The van der Waals surface area contributed by atoms with Gasteiger partial charge in [0.1, 0.15) is 17.7 Å². The van der Waals surface area contributed by atoms with E-state index in [0.29, 0.717) is 92.3 Å². The topological polar surface area (TPSA) is 172 Å². The first-order valence-corrected chi connectivity index (χ1v) is 20.6. The molecule has 0 radical (unpaired) electrons. The summed E-state index contributed by atoms with van der Waals surface area (Å²) >= 11 is 0. The number of anilines is 1. The van der Waals surface area contributed by atoms with Crippen molar-refractivity contribution in [1.29, 1.82) is 0 Å². The highest BCUT2D eigenvalue weighted by Crippen LogP contribution is 2.33. The predicted octanol–water partition coefficient (Wildman–Crippen LogP) is 4.73. The molecule has 9 rings (SSSR count). The van der Waals surface area contributed by atoms with Crippen LogP contribution in [0.4, 0.5) is 14.5 Å². The average Bonchev–Trinajstić information content (AvgIpc) is 3.86. The molecular formula is C44H43F2N9O6. The van der Waals surface area contributed by atoms with Crippen LogP contribution in [0.2, 0.25) is 0 Å². The van der Waals surface area contributed by atoms with E-state index in [2.05, 4.69) is 20.7 Å². The number of halogens is 2. The molecule has 15 nitrogen and oxygen atoms in total. The van der Waals surface area contributed by atoms with Gasteiger partial charge in [0.25, 0.3) is 11.8 Å². The molecule has 5 amide bonds. The van der Waals surface area contributed by atoms with Gasteiger partial charge in [-0.1, -0.05) is 12.1 Å². The van der Waals surface area contributed by atoms with E-state index < -0.39 is 41.3 Å². The van der Waals surface area contributed by atoms with Gasteiger partial charge in [0.05, 0.1) is 59.5 Å². The van der Waals surface area contributed by atoms with Gasteiger partial charge in [-0.05, 0) is 67.6 Å². The minimum absolute atomic E-state index is 0.0329. The van der Waals surface area contributed by atoms with E-state index in [1.165, 1.54) is 12.1 Å². The fraction of sp³-hybridized carbons (Fsp3) is 0.364. The van der Waals surface area contributed by atoms with E-state index in [4.69, 9.17) is 9.72 Å². The number of para-hydroxylation sites is 1. The molecule has 2 N–H and O–H groups in total. The number of carbonyl (C=O) groups excluding carboxylic acids is 5. The van der Waals surface area contributed by atoms with Gasteiger partial charge in [0.2, 0.25) is 17.7 Å². The number of hydrogen-bond donors (Lipinski definition) is 2. The van der Waals surface area contributed by atoms with Gasteiger partial charge in [-0.25, -0.2) is 13.8 Å². The molecule has 17 heteroatoms. The van der Waals surface area contributed by atoms with Crippen molar-refractivity contribution in [2.45, 2.75) is 57.2 Å². The zero-order chi connectivity index (χ0) is 42.2. The Bertz CT molecular complexity index is 2540. The molecule has 61 heavy (non-hydrogen) atoms. The van der Waals surface area contributed by atoms with Crippen LogP contribution in [0.1, 0.15) is 70.8 Å². The number of nitrogens with one attached hydrogen (secondary N) is 2. The molecule has 6 heterocycles. The molecule has 1 atom stereocenters. The fourth-order valence-electron chi connectivity index (χ4n) is 8.56. The smallest absolute Gasteiger partial charge is 0.262 e. The number of piperidine rings is 2. The second-order valence-electron chi connectivity index (χ2n) is 15.8. The zero-order valence-corrected chi connectivity index (χ0v) is 33.2. The molecule has 3 saturated heterocycles. The number of benzene rings is 3. The summed E-state index contributed by atoms with van der Waals surface area (Å²) < 4.78 is 38.0. The third kappa shape index (κ3) is 8.10. The lowest BCUT2D eigenvalue weighted by Gasteiger charge is -2.32. The highest BCUT2D eigenvalue weighted by molar-refractivity contribution is 6.23. The number of rotatable bonds is 11. The number of nitrogens with zero attached hydrogens (tertiary/aromatic N) is 7. The highest BCUT2D eigenvalue weighted by Gasteiger charge is 2.44. The lowest BCUT2D eigenvalue weighted by molar-refractivity contribution is -0.136. The molecule has 5 aromatic rings. The first-order valence-electron chi connectivity index (χ1n) is 20.6. The van der Waals surface area contributed by atoms with Gasteiger partial charge in [-0.3, -0.25) is 48.8 Å². The predicted molar refractivity (Wildman–Crippen MR) is 218 cm³/mol. The Hall–Kier alpha value is -6.46. The Morgan fingerprint density at radius 2 is 1.64 bits per heavy atom. The zero-order valence-electron chi connectivity index (χ0n) is 33.2. The van der Waals surface area contributed by atoms with Gasteiger partial charge in [0, 0.05) is 80.7 Å². The van der Waals surface area contributed by atoms with E-state index in [0.717, 1.165) is 23.3 Å². The third-order valence-corrected chi connectivity index (χ3v) is 11.9. The standard InChI is InChI=1S/C44H43F2N9O6/c45-34-19-26(20-35(46)33(34)25-52-15-17-61-18-16-52)30-3-1-4-36-41(30)50-37(23-48-36)27-22-49-54(24-27)29-10-13-53(14-11-29)40(57)5-2-12-47-28-6-7-31-32(21-28)44(60)55(43(31)59)38-8-9-39(56)51-42(38)58/h1,3-4,6-7,19-24,29,38,47H,2,5,8-18,25H2,(H,51,56,58). The molecule has 4 aliphatic rings. The van der Waals surface area contributed by atoms with Crippen molar-refractivity contribution in [2.75, 3.05) is 51.3 Å². The van der Waals surface area contributed by atoms with Gasteiger partial charge in [-0.15, -0.1) is 0 Å². The lowest BCUT2D eigenvalue weighted by Crippen LogP contribution is -2.54. The summed E-state index contributed by atoms with van der Waals surface area (Å²) in [6.45, 7) is 4.10. The minimum Gasteiger partial charge on any atom is -0.385 e. The van der Waals surface area contributed by atoms with Crippen LogP contribution in [0.15, 0.2) is 67.1 Å². The highest BCUT2D eigenvalue weighted by atomic mass is 19.1. The van der Waals surface area contributed by atoms with Crippen LogP contribution in [0, 0.1) is 11.6 Å². The molecule has 3 aromatic carbocycles. The minimum atomic E-state index is -1.03. The van der Waals surface area contributed by atoms with Crippen LogP contribution in [0.5, 0.6) is 0 Å². The van der Waals surface area contributed by atoms with Crippen LogP contribution < -0.4 is 10.6 Å². The largest absolute Gasteiger partial charge is 0.385 e. The summed E-state index contributed by atoms with van der Waals surface area (Å²) in [6, 6.07) is 12.0. The average molecular weight is 832 g/mol. The van der Waals surface area contributed by atoms with E-state index in [-0.39, 0.29) is 48.0 Å². The van der Waals surface area contributed by atoms with Gasteiger partial charge >= 0.3 is 0 Å². The van der Waals surface area contributed by atoms with Crippen LogP contribution in [-0.4, -0.2) is 116 Å². The second-order valence-corrected chi connectivity index (χ2v) is 15.8. The number of fused-ring (bicyclic) bond motifs is 2. The Labute approximate surface area is 349 Å². The number of morpholine rings is 1. The Morgan fingerprint density at radius 1 is 0.869 bits per heavy atom. The Balaban J connectivity index is 0.778. The number of imide groups is 2. The van der Waals surface area contributed by atoms with Gasteiger partial charge in [-0.2, -0.15) is 5.10 Å². The van der Waals surface area contributed by atoms with Crippen LogP contribution >= 0.6 is 0 Å². The summed E-state index contributed by atoms with van der Waals surface area (Å²) in [4.78, 5) is 77.5. The first kappa shape index (κ1) is 40.0. The molecule has 4 aliphatic heterocycles. The van der Waals surface area contributed by atoms with E-state index >= 15 is 8.78 Å². The van der Waals surface area contributed by atoms with Crippen molar-refractivity contribution < 1.29 is 37.5 Å². The van der Waals surface area contributed by atoms with Crippen molar-refractivity contribution in [3.63, 3.8) is 0 Å². The van der Waals surface area contributed by atoms with Gasteiger partial charge < -0.3 is 15.0 Å². The van der Waals surface area contributed by atoms with Gasteiger partial charge in [0.15, 0.2) is 0 Å². The summed E-state index contributed by atoms with van der Waals surface area (Å²) in [5, 5.41) is 10.1. The second kappa shape index (κ2) is 16.9. The van der Waals surface area contributed by atoms with E-state index in [1.54, 1.807) is 42.7 Å². The molecule has 0 bridgehead atoms. The number of likely N-dealkylation sites (tertiary alicyclic amines) is 1. The Kier molecular flexibility index (Phi) is 11.1. The van der Waals surface area contributed by atoms with Crippen molar-refractivity contribution in [3.8, 4) is 22.4 Å². The normalized spacial score (nSPS) is 18.8. The first-order chi connectivity index (χ1) is 29.6. The molecule has 1 unspecified atom stereocenters. The monoisotopic (exact) mass is 831 g/mol. The summed E-state index contributed by atoms with van der Waals surface area (Å²) in [7, 11) is 0. The summed E-state index contributed by atoms with van der Waals surface area (Å²) in [6.07, 6.45) is 7.76. The molecule has 3 fully saturated rings. The van der Waals surface area contributed by atoms with Crippen LogP contribution in [0.25, 0.3) is 33.4 Å². The number of aromatic nitrogens is 4. The third-order valence-electron chi connectivity index (χ3n) is 11.9. The fourth-order valence-corrected chi connectivity index (χ4v) is 8.56. The molecule has 2 aromatic heterocycles.